The van der Waals surface area contributed by atoms with Crippen LogP contribution in [0.15, 0.2) is 24.3 Å². The molecule has 1 unspecified atom stereocenters. The van der Waals surface area contributed by atoms with Gasteiger partial charge in [-0.15, -0.1) is 0 Å². The number of hydrogen-bond acceptors (Lipinski definition) is 5. The smallest absolute Gasteiger partial charge is 0.307 e. The first kappa shape index (κ1) is 12.2. The van der Waals surface area contributed by atoms with Crippen molar-refractivity contribution < 1.29 is 9.53 Å². The molecule has 0 aliphatic carbocycles. The van der Waals surface area contributed by atoms with Gasteiger partial charge in [0.2, 0.25) is 0 Å². The van der Waals surface area contributed by atoms with Gasteiger partial charge >= 0.3 is 5.97 Å². The van der Waals surface area contributed by atoms with E-state index in [0.717, 1.165) is 0 Å². The number of esters is 1. The molecule has 5 nitrogen and oxygen atoms in total. The van der Waals surface area contributed by atoms with E-state index >= 15 is 0 Å². The van der Waals surface area contributed by atoms with E-state index in [1.54, 1.807) is 24.3 Å². The van der Waals surface area contributed by atoms with Crippen LogP contribution in [0.3, 0.4) is 0 Å². The Kier molecular flexibility index (Phi) is 4.02. The molecule has 0 heterocycles. The largest absolute Gasteiger partial charge is 0.469 e. The lowest BCUT2D eigenvalue weighted by molar-refractivity contribution is -0.140. The van der Waals surface area contributed by atoms with E-state index in [-0.39, 0.29) is 12.1 Å². The van der Waals surface area contributed by atoms with Gasteiger partial charge in [-0.1, -0.05) is 18.2 Å². The Morgan fingerprint density at radius 3 is 2.69 bits per heavy atom. The Bertz CT molecular complexity index is 404. The molecular formula is C11H15N3O2. The minimum absolute atomic E-state index is 0.0241. The molecule has 0 radical (unpaired) electrons. The Morgan fingerprint density at radius 2 is 2.12 bits per heavy atom. The van der Waals surface area contributed by atoms with Crippen molar-refractivity contribution in [2.24, 2.45) is 5.73 Å². The number of nitrogens with two attached hydrogens (primary N) is 2. The van der Waals surface area contributed by atoms with E-state index in [1.807, 2.05) is 0 Å². The van der Waals surface area contributed by atoms with E-state index in [9.17, 15) is 4.79 Å². The summed E-state index contributed by atoms with van der Waals surface area (Å²) in [6, 6.07) is 6.24. The van der Waals surface area contributed by atoms with Gasteiger partial charge in [0.05, 0.1) is 25.3 Å². The highest BCUT2D eigenvalue weighted by atomic mass is 16.5. The van der Waals surface area contributed by atoms with E-state index < -0.39 is 12.0 Å². The molecule has 0 aliphatic heterocycles. The molecule has 0 spiro atoms. The van der Waals surface area contributed by atoms with E-state index in [4.69, 9.17) is 16.9 Å². The van der Waals surface area contributed by atoms with Crippen molar-refractivity contribution in [2.75, 3.05) is 12.8 Å². The topological polar surface area (TPSA) is 102 Å². The summed E-state index contributed by atoms with van der Waals surface area (Å²) in [5.41, 5.74) is 12.6. The normalized spacial score (nSPS) is 11.9. The molecule has 1 aromatic carbocycles. The number of benzene rings is 1. The van der Waals surface area contributed by atoms with Crippen molar-refractivity contribution in [3.05, 3.63) is 29.8 Å². The van der Waals surface area contributed by atoms with Crippen LogP contribution >= 0.6 is 0 Å². The first-order valence-corrected chi connectivity index (χ1v) is 4.82. The predicted molar refractivity (Wildman–Crippen MR) is 62.3 cm³/mol. The van der Waals surface area contributed by atoms with Crippen LogP contribution in [0.4, 0.5) is 5.69 Å². The van der Waals surface area contributed by atoms with Crippen LogP contribution in [0, 0.1) is 5.41 Å². The molecule has 0 aromatic heterocycles. The zero-order chi connectivity index (χ0) is 12.1. The van der Waals surface area contributed by atoms with Gasteiger partial charge in [-0.2, -0.15) is 0 Å². The van der Waals surface area contributed by atoms with Crippen molar-refractivity contribution in [1.82, 2.24) is 0 Å². The lowest BCUT2D eigenvalue weighted by Gasteiger charge is -2.13. The molecule has 0 aliphatic rings. The molecular weight excluding hydrogens is 206 g/mol. The highest BCUT2D eigenvalue weighted by Crippen LogP contribution is 2.13. The number of para-hydroxylation sites is 1. The SMILES string of the molecule is COC(=O)CC(N)C(=N)c1ccccc1N. The zero-order valence-electron chi connectivity index (χ0n) is 9.07. The van der Waals surface area contributed by atoms with Gasteiger partial charge in [0.1, 0.15) is 0 Å². The number of carbonyl (C=O) groups excluding carboxylic acids is 1. The standard InChI is InChI=1S/C11H15N3O2/c1-16-10(15)6-9(13)11(14)7-4-2-3-5-8(7)12/h2-5,9,14H,6,12-13H2,1H3. The lowest BCUT2D eigenvalue weighted by Crippen LogP contribution is -2.33. The second-order valence-electron chi connectivity index (χ2n) is 3.39. The van der Waals surface area contributed by atoms with Crippen molar-refractivity contribution in [3.63, 3.8) is 0 Å². The van der Waals surface area contributed by atoms with Gasteiger partial charge in [-0.05, 0) is 6.07 Å². The third-order valence-corrected chi connectivity index (χ3v) is 2.24. The summed E-state index contributed by atoms with van der Waals surface area (Å²) in [5.74, 6) is -0.438. The van der Waals surface area contributed by atoms with Crippen molar-refractivity contribution in [2.45, 2.75) is 12.5 Å². The minimum Gasteiger partial charge on any atom is -0.469 e. The highest BCUT2D eigenvalue weighted by molar-refractivity contribution is 6.07. The van der Waals surface area contributed by atoms with Crippen LogP contribution in [-0.2, 0) is 9.53 Å². The zero-order valence-corrected chi connectivity index (χ0v) is 9.07. The molecule has 86 valence electrons. The second kappa shape index (κ2) is 5.27. The molecule has 0 fully saturated rings. The minimum atomic E-state index is -0.697. The van der Waals surface area contributed by atoms with E-state index in [0.29, 0.717) is 11.3 Å². The van der Waals surface area contributed by atoms with E-state index in [1.165, 1.54) is 7.11 Å². The number of ether oxygens (including phenoxy) is 1. The van der Waals surface area contributed by atoms with Crippen molar-refractivity contribution in [1.29, 1.82) is 5.41 Å². The summed E-state index contributed by atoms with van der Waals surface area (Å²) >= 11 is 0. The van der Waals surface area contributed by atoms with Gasteiger partial charge in [0.25, 0.3) is 0 Å². The fraction of sp³-hybridized carbons (Fsp3) is 0.273. The fourth-order valence-corrected chi connectivity index (χ4v) is 1.31. The molecule has 0 saturated heterocycles. The van der Waals surface area contributed by atoms with Gasteiger partial charge in [0.15, 0.2) is 0 Å². The highest BCUT2D eigenvalue weighted by Gasteiger charge is 2.17. The molecule has 0 bridgehead atoms. The summed E-state index contributed by atoms with van der Waals surface area (Å²) in [7, 11) is 1.29. The maximum absolute atomic E-state index is 11.0. The summed E-state index contributed by atoms with van der Waals surface area (Å²) in [5, 5.41) is 7.83. The van der Waals surface area contributed by atoms with Crippen LogP contribution in [0.25, 0.3) is 0 Å². The Balaban J connectivity index is 2.79. The molecule has 1 aromatic rings. The maximum atomic E-state index is 11.0. The number of nitrogens with one attached hydrogen (secondary N) is 1. The Hall–Kier alpha value is -1.88. The molecule has 5 heteroatoms. The number of hydrogen-bond donors (Lipinski definition) is 3. The van der Waals surface area contributed by atoms with Crippen LogP contribution in [-0.4, -0.2) is 24.8 Å². The molecule has 16 heavy (non-hydrogen) atoms. The summed E-state index contributed by atoms with van der Waals surface area (Å²) in [6.07, 6.45) is -0.0241. The average molecular weight is 221 g/mol. The van der Waals surface area contributed by atoms with Crippen molar-refractivity contribution >= 4 is 17.4 Å². The third-order valence-electron chi connectivity index (χ3n) is 2.24. The van der Waals surface area contributed by atoms with Gasteiger partial charge in [0, 0.05) is 11.3 Å². The molecule has 0 saturated carbocycles. The number of anilines is 1. The first-order chi connectivity index (χ1) is 7.56. The number of rotatable bonds is 4. The predicted octanol–water partition coefficient (Wildman–Crippen LogP) is 0.527. The molecule has 0 amide bonds. The van der Waals surface area contributed by atoms with Crippen molar-refractivity contribution in [3.8, 4) is 0 Å². The van der Waals surface area contributed by atoms with Crippen LogP contribution in [0.2, 0.25) is 0 Å². The number of methoxy groups -OCH3 is 1. The quantitative estimate of drug-likeness (QED) is 0.392. The number of nitrogen functional groups attached to an aromatic ring is 1. The van der Waals surface area contributed by atoms with Crippen LogP contribution in [0.5, 0.6) is 0 Å². The van der Waals surface area contributed by atoms with Crippen LogP contribution in [0.1, 0.15) is 12.0 Å². The second-order valence-corrected chi connectivity index (χ2v) is 3.39. The lowest BCUT2D eigenvalue weighted by atomic mass is 10.00. The van der Waals surface area contributed by atoms with Gasteiger partial charge in [-0.3, -0.25) is 4.79 Å². The Labute approximate surface area is 93.9 Å². The van der Waals surface area contributed by atoms with Gasteiger partial charge in [-0.25, -0.2) is 0 Å². The van der Waals surface area contributed by atoms with Gasteiger partial charge < -0.3 is 21.6 Å². The average Bonchev–Trinajstić information content (AvgIpc) is 2.28. The summed E-state index contributed by atoms with van der Waals surface area (Å²) in [4.78, 5) is 11.0. The first-order valence-electron chi connectivity index (χ1n) is 4.82. The number of carbonyl (C=O) groups is 1. The molecule has 5 N–H and O–H groups in total. The van der Waals surface area contributed by atoms with E-state index in [2.05, 4.69) is 4.74 Å². The fourth-order valence-electron chi connectivity index (χ4n) is 1.31. The molecule has 1 atom stereocenters. The summed E-state index contributed by atoms with van der Waals surface area (Å²) < 4.78 is 4.49. The maximum Gasteiger partial charge on any atom is 0.307 e. The molecule has 1 rings (SSSR count). The third kappa shape index (κ3) is 2.80. The van der Waals surface area contributed by atoms with Crippen LogP contribution < -0.4 is 11.5 Å². The summed E-state index contributed by atoms with van der Waals surface area (Å²) in [6.45, 7) is 0. The monoisotopic (exact) mass is 221 g/mol. The Morgan fingerprint density at radius 1 is 1.50 bits per heavy atom.